The summed E-state index contributed by atoms with van der Waals surface area (Å²) in [5.41, 5.74) is 3.71. The van der Waals surface area contributed by atoms with Crippen molar-refractivity contribution in [2.45, 2.75) is 20.4 Å². The average Bonchev–Trinajstić information content (AvgIpc) is 3.19. The maximum absolute atomic E-state index is 11.7. The highest BCUT2D eigenvalue weighted by Crippen LogP contribution is 2.23. The monoisotopic (exact) mass is 342 g/mol. The summed E-state index contributed by atoms with van der Waals surface area (Å²) in [7, 11) is 0. The molecular formula is C18H18N2O3S. The second kappa shape index (κ2) is 6.98. The molecule has 0 atom stereocenters. The van der Waals surface area contributed by atoms with Gasteiger partial charge in [0.2, 0.25) is 0 Å². The quantitative estimate of drug-likeness (QED) is 0.721. The number of aromatic nitrogens is 1. The van der Waals surface area contributed by atoms with Crippen LogP contribution in [0.25, 0.3) is 11.1 Å². The summed E-state index contributed by atoms with van der Waals surface area (Å²) in [5.74, 6) is 0.0148. The number of carbonyl (C=O) groups excluding carboxylic acids is 1. The minimum absolute atomic E-state index is 0.00152. The molecule has 0 fully saturated rings. The van der Waals surface area contributed by atoms with Crippen molar-refractivity contribution in [1.82, 2.24) is 4.57 Å². The number of Topliss-reactive ketones (excluding diaryl/α,β-unsaturated/α-hetero) is 1. The average molecular weight is 342 g/mol. The molecule has 124 valence electrons. The molecule has 0 saturated carbocycles. The van der Waals surface area contributed by atoms with Gasteiger partial charge in [-0.1, -0.05) is 23.5 Å². The normalized spacial score (nSPS) is 11.9. The van der Waals surface area contributed by atoms with Crippen LogP contribution in [0.2, 0.25) is 0 Å². The molecule has 6 heteroatoms. The van der Waals surface area contributed by atoms with Crippen LogP contribution in [0, 0.1) is 6.92 Å². The molecule has 1 N–H and O–H groups in total. The van der Waals surface area contributed by atoms with Gasteiger partial charge in [-0.15, -0.1) is 0 Å². The van der Waals surface area contributed by atoms with E-state index >= 15 is 0 Å². The Kier molecular flexibility index (Phi) is 4.78. The number of nitrogens with zero attached hydrogens (tertiary/aromatic N) is 2. The number of aliphatic hydroxyl groups is 1. The Hall–Kier alpha value is -2.44. The lowest BCUT2D eigenvalue weighted by Gasteiger charge is -2.03. The number of ketones is 1. The lowest BCUT2D eigenvalue weighted by molar-refractivity contribution is 0.102. The Morgan fingerprint density at radius 2 is 2.00 bits per heavy atom. The predicted octanol–water partition coefficient (Wildman–Crippen LogP) is 3.55. The van der Waals surface area contributed by atoms with Crippen LogP contribution in [-0.2, 0) is 6.54 Å². The van der Waals surface area contributed by atoms with Crippen molar-refractivity contribution in [3.05, 3.63) is 58.2 Å². The summed E-state index contributed by atoms with van der Waals surface area (Å²) in [4.78, 5) is 17.8. The highest BCUT2D eigenvalue weighted by atomic mass is 32.1. The summed E-state index contributed by atoms with van der Waals surface area (Å²) >= 11 is 1.35. The zero-order valence-electron chi connectivity index (χ0n) is 13.5. The fourth-order valence-electron chi connectivity index (χ4n) is 2.53. The van der Waals surface area contributed by atoms with Gasteiger partial charge in [0.05, 0.1) is 29.7 Å². The van der Waals surface area contributed by atoms with E-state index < -0.39 is 0 Å². The van der Waals surface area contributed by atoms with Gasteiger partial charge in [-0.25, -0.2) is 4.99 Å². The fraction of sp³-hybridized carbons (Fsp3) is 0.222. The molecule has 2 heterocycles. The molecule has 0 unspecified atom stereocenters. The highest BCUT2D eigenvalue weighted by Gasteiger charge is 2.13. The first-order valence-electron chi connectivity index (χ1n) is 7.59. The number of hydrogen-bond acceptors (Lipinski definition) is 5. The molecule has 0 amide bonds. The Morgan fingerprint density at radius 1 is 1.25 bits per heavy atom. The van der Waals surface area contributed by atoms with Crippen molar-refractivity contribution < 1.29 is 14.3 Å². The van der Waals surface area contributed by atoms with E-state index in [-0.39, 0.29) is 12.4 Å². The van der Waals surface area contributed by atoms with Crippen LogP contribution in [0.3, 0.4) is 0 Å². The van der Waals surface area contributed by atoms with Crippen molar-refractivity contribution >= 4 is 22.8 Å². The van der Waals surface area contributed by atoms with Crippen LogP contribution < -0.4 is 4.80 Å². The molecule has 5 nitrogen and oxygen atoms in total. The van der Waals surface area contributed by atoms with Gasteiger partial charge < -0.3 is 14.1 Å². The molecule has 24 heavy (non-hydrogen) atoms. The van der Waals surface area contributed by atoms with Crippen molar-refractivity contribution in [3.8, 4) is 11.1 Å². The summed E-state index contributed by atoms with van der Waals surface area (Å²) < 4.78 is 6.98. The molecule has 0 spiro atoms. The smallest absolute Gasteiger partial charge is 0.190 e. The van der Waals surface area contributed by atoms with Gasteiger partial charge in [-0.05, 0) is 30.7 Å². The predicted molar refractivity (Wildman–Crippen MR) is 93.5 cm³/mol. The van der Waals surface area contributed by atoms with Gasteiger partial charge in [0.15, 0.2) is 10.6 Å². The fourth-order valence-corrected chi connectivity index (χ4v) is 3.60. The van der Waals surface area contributed by atoms with E-state index in [9.17, 15) is 9.90 Å². The summed E-state index contributed by atoms with van der Waals surface area (Å²) in [6.07, 6.45) is 3.34. The number of hydrogen-bond donors (Lipinski definition) is 1. The summed E-state index contributed by atoms with van der Waals surface area (Å²) in [6.45, 7) is 3.85. The van der Waals surface area contributed by atoms with E-state index in [1.165, 1.54) is 11.3 Å². The minimum atomic E-state index is 0.00152. The standard InChI is InChI=1S/C18H18N2O3S/c1-12-17(13(2)22)24-18(20(12)8-9-21)19-16-5-3-14(4-6-16)15-7-10-23-11-15/h3-7,10-11,21H,8-9H2,1-2H3/b19-18-. The zero-order valence-corrected chi connectivity index (χ0v) is 14.3. The number of furan rings is 1. The minimum Gasteiger partial charge on any atom is -0.472 e. The number of aliphatic hydroxyl groups excluding tert-OH is 1. The van der Waals surface area contributed by atoms with Crippen molar-refractivity contribution in [3.63, 3.8) is 0 Å². The molecular weight excluding hydrogens is 324 g/mol. The lowest BCUT2D eigenvalue weighted by Crippen LogP contribution is -2.18. The Labute approximate surface area is 143 Å². The maximum Gasteiger partial charge on any atom is 0.190 e. The van der Waals surface area contributed by atoms with Crippen LogP contribution >= 0.6 is 11.3 Å². The third-order valence-electron chi connectivity index (χ3n) is 3.75. The lowest BCUT2D eigenvalue weighted by atomic mass is 10.1. The zero-order chi connectivity index (χ0) is 17.1. The van der Waals surface area contributed by atoms with Gasteiger partial charge in [-0.2, -0.15) is 0 Å². The number of thiazole rings is 1. The van der Waals surface area contributed by atoms with Crippen molar-refractivity contribution in [2.75, 3.05) is 6.61 Å². The van der Waals surface area contributed by atoms with Crippen LogP contribution in [0.1, 0.15) is 22.3 Å². The van der Waals surface area contributed by atoms with Gasteiger partial charge in [-0.3, -0.25) is 4.79 Å². The third kappa shape index (κ3) is 3.25. The van der Waals surface area contributed by atoms with E-state index in [0.717, 1.165) is 22.5 Å². The molecule has 0 aliphatic rings. The molecule has 0 bridgehead atoms. The van der Waals surface area contributed by atoms with Gasteiger partial charge in [0, 0.05) is 24.7 Å². The molecule has 1 aromatic carbocycles. The van der Waals surface area contributed by atoms with Crippen LogP contribution in [0.5, 0.6) is 0 Å². The first-order chi connectivity index (χ1) is 11.6. The van der Waals surface area contributed by atoms with Gasteiger partial charge in [0.1, 0.15) is 0 Å². The Morgan fingerprint density at radius 3 is 2.58 bits per heavy atom. The molecule has 0 aliphatic heterocycles. The van der Waals surface area contributed by atoms with Crippen molar-refractivity contribution in [1.29, 1.82) is 0 Å². The third-order valence-corrected chi connectivity index (χ3v) is 5.03. The molecule has 0 radical (unpaired) electrons. The SMILES string of the molecule is CC(=O)c1s/c(=N\c2ccc(-c3ccoc3)cc2)n(CCO)c1C. The first kappa shape index (κ1) is 16.4. The van der Waals surface area contributed by atoms with Crippen LogP contribution in [0.15, 0.2) is 52.3 Å². The Bertz CT molecular complexity index is 903. The molecule has 3 rings (SSSR count). The van der Waals surface area contributed by atoms with Gasteiger partial charge in [0.25, 0.3) is 0 Å². The summed E-state index contributed by atoms with van der Waals surface area (Å²) in [6, 6.07) is 9.71. The first-order valence-corrected chi connectivity index (χ1v) is 8.41. The number of benzene rings is 1. The second-order valence-electron chi connectivity index (χ2n) is 5.40. The van der Waals surface area contributed by atoms with E-state index in [0.29, 0.717) is 16.2 Å². The summed E-state index contributed by atoms with van der Waals surface area (Å²) in [5, 5.41) is 9.27. The van der Waals surface area contributed by atoms with Crippen LogP contribution in [-0.4, -0.2) is 22.1 Å². The number of rotatable bonds is 5. The molecule has 3 aromatic rings. The highest BCUT2D eigenvalue weighted by molar-refractivity contribution is 7.11. The van der Waals surface area contributed by atoms with Crippen molar-refractivity contribution in [2.24, 2.45) is 4.99 Å². The Balaban J connectivity index is 2.01. The van der Waals surface area contributed by atoms with E-state index in [1.54, 1.807) is 19.5 Å². The molecule has 0 saturated heterocycles. The van der Waals surface area contributed by atoms with E-state index in [2.05, 4.69) is 4.99 Å². The number of carbonyl (C=O) groups is 1. The topological polar surface area (TPSA) is 67.7 Å². The molecule has 2 aromatic heterocycles. The van der Waals surface area contributed by atoms with Gasteiger partial charge >= 0.3 is 0 Å². The molecule has 0 aliphatic carbocycles. The maximum atomic E-state index is 11.7. The van der Waals surface area contributed by atoms with E-state index in [1.807, 2.05) is 41.8 Å². The second-order valence-corrected chi connectivity index (χ2v) is 6.38. The van der Waals surface area contributed by atoms with E-state index in [4.69, 9.17) is 4.42 Å². The largest absolute Gasteiger partial charge is 0.472 e. The van der Waals surface area contributed by atoms with Crippen LogP contribution in [0.4, 0.5) is 5.69 Å².